The van der Waals surface area contributed by atoms with Gasteiger partial charge in [0.1, 0.15) is 10.6 Å². The molecule has 3 N–H and O–H groups in total. The van der Waals surface area contributed by atoms with Crippen LogP contribution >= 0.6 is 15.9 Å². The number of carboxylic acids is 1. The molecule has 2 rings (SSSR count). The van der Waals surface area contributed by atoms with Crippen molar-refractivity contribution in [2.45, 2.75) is 6.04 Å². The molecule has 0 amide bonds. The van der Waals surface area contributed by atoms with Gasteiger partial charge in [-0.2, -0.15) is 0 Å². The average molecular weight is 271 g/mol. The standard InChI is InChI=1S/C8H7BrN4O2/c9-6-5(4(10)7(14)15)13-3-1-2-11-8(13)12-6/h1-4H,10H2,(H,14,15). The zero-order valence-electron chi connectivity index (χ0n) is 7.46. The van der Waals surface area contributed by atoms with E-state index in [-0.39, 0.29) is 0 Å². The predicted molar refractivity (Wildman–Crippen MR) is 55.3 cm³/mol. The van der Waals surface area contributed by atoms with Crippen molar-refractivity contribution >= 4 is 27.7 Å². The quantitative estimate of drug-likeness (QED) is 0.833. The molecule has 2 aromatic rings. The Bertz CT molecular complexity index is 524. The zero-order valence-corrected chi connectivity index (χ0v) is 9.05. The molecule has 0 aliphatic rings. The number of hydrogen-bond donors (Lipinski definition) is 2. The van der Waals surface area contributed by atoms with Gasteiger partial charge in [0.15, 0.2) is 0 Å². The van der Waals surface area contributed by atoms with E-state index in [1.165, 1.54) is 0 Å². The van der Waals surface area contributed by atoms with Gasteiger partial charge in [-0.25, -0.2) is 9.97 Å². The first-order chi connectivity index (χ1) is 7.11. The van der Waals surface area contributed by atoms with E-state index in [2.05, 4.69) is 25.9 Å². The van der Waals surface area contributed by atoms with Gasteiger partial charge in [0, 0.05) is 12.4 Å². The lowest BCUT2D eigenvalue weighted by molar-refractivity contribution is -0.138. The number of rotatable bonds is 2. The lowest BCUT2D eigenvalue weighted by Gasteiger charge is -2.05. The summed E-state index contributed by atoms with van der Waals surface area (Å²) in [5.74, 6) is -0.697. The van der Waals surface area contributed by atoms with Crippen molar-refractivity contribution in [1.29, 1.82) is 0 Å². The molecule has 0 saturated carbocycles. The van der Waals surface area contributed by atoms with Gasteiger partial charge in [-0.05, 0) is 22.0 Å². The van der Waals surface area contributed by atoms with Crippen molar-refractivity contribution in [2.75, 3.05) is 0 Å². The van der Waals surface area contributed by atoms with Crippen LogP contribution in [0.4, 0.5) is 0 Å². The number of hydrogen-bond acceptors (Lipinski definition) is 4. The second-order valence-corrected chi connectivity index (χ2v) is 3.64. The first-order valence-electron chi connectivity index (χ1n) is 4.08. The molecule has 0 spiro atoms. The molecule has 1 atom stereocenters. The van der Waals surface area contributed by atoms with Gasteiger partial charge in [0.25, 0.3) is 0 Å². The Morgan fingerprint density at radius 3 is 3.07 bits per heavy atom. The molecule has 6 nitrogen and oxygen atoms in total. The highest BCUT2D eigenvalue weighted by Gasteiger charge is 2.22. The number of imidazole rings is 1. The molecule has 78 valence electrons. The Morgan fingerprint density at radius 2 is 2.40 bits per heavy atom. The van der Waals surface area contributed by atoms with Crippen LogP contribution in [0.1, 0.15) is 11.7 Å². The van der Waals surface area contributed by atoms with Crippen LogP contribution in [0.15, 0.2) is 23.1 Å². The minimum absolute atomic E-state index is 0.380. The first kappa shape index (κ1) is 10.1. The SMILES string of the molecule is NC(C(=O)O)c1c(Br)nc2ncccn12. The lowest BCUT2D eigenvalue weighted by Crippen LogP contribution is -2.22. The Morgan fingerprint density at radius 1 is 1.67 bits per heavy atom. The zero-order chi connectivity index (χ0) is 11.0. The number of halogens is 1. The molecule has 0 radical (unpaired) electrons. The summed E-state index contributed by atoms with van der Waals surface area (Å²) < 4.78 is 1.94. The molecular formula is C8H7BrN4O2. The summed E-state index contributed by atoms with van der Waals surface area (Å²) in [5, 5.41) is 8.83. The Labute approximate surface area is 92.9 Å². The summed E-state index contributed by atoms with van der Waals surface area (Å²) in [7, 11) is 0. The van der Waals surface area contributed by atoms with Gasteiger partial charge in [-0.1, -0.05) is 0 Å². The van der Waals surface area contributed by atoms with Gasteiger partial charge in [-0.15, -0.1) is 0 Å². The Balaban J connectivity index is 2.68. The fraction of sp³-hybridized carbons (Fsp3) is 0.125. The van der Waals surface area contributed by atoms with Crippen molar-refractivity contribution in [2.24, 2.45) is 5.73 Å². The molecule has 0 fully saturated rings. The third-order valence-electron chi connectivity index (χ3n) is 1.96. The topological polar surface area (TPSA) is 93.5 Å². The van der Waals surface area contributed by atoms with Gasteiger partial charge < -0.3 is 10.8 Å². The number of carbonyl (C=O) groups is 1. The Kier molecular flexibility index (Phi) is 2.41. The second-order valence-electron chi connectivity index (χ2n) is 2.89. The van der Waals surface area contributed by atoms with E-state index in [0.29, 0.717) is 16.1 Å². The molecule has 0 aromatic carbocycles. The van der Waals surface area contributed by atoms with Crippen LogP contribution in [-0.2, 0) is 4.79 Å². The minimum atomic E-state index is -1.13. The number of carboxylic acid groups (broad SMARTS) is 1. The van der Waals surface area contributed by atoms with E-state index in [1.807, 2.05) is 0 Å². The number of nitrogens with zero attached hydrogens (tertiary/aromatic N) is 3. The van der Waals surface area contributed by atoms with Gasteiger partial charge in [0.05, 0.1) is 5.69 Å². The third-order valence-corrected chi connectivity index (χ3v) is 2.54. The van der Waals surface area contributed by atoms with E-state index < -0.39 is 12.0 Å². The average Bonchev–Trinajstić information content (AvgIpc) is 2.52. The minimum Gasteiger partial charge on any atom is -0.480 e. The van der Waals surface area contributed by atoms with Gasteiger partial charge in [0.2, 0.25) is 5.78 Å². The summed E-state index contributed by atoms with van der Waals surface area (Å²) >= 11 is 3.16. The Hall–Kier alpha value is -1.47. The van der Waals surface area contributed by atoms with Crippen LogP contribution in [0.5, 0.6) is 0 Å². The normalized spacial score (nSPS) is 12.9. The maximum absolute atomic E-state index is 10.8. The molecule has 0 bridgehead atoms. The van der Waals surface area contributed by atoms with Crippen LogP contribution in [0, 0.1) is 0 Å². The molecular weight excluding hydrogens is 264 g/mol. The summed E-state index contributed by atoms with van der Waals surface area (Å²) in [4.78, 5) is 18.8. The van der Waals surface area contributed by atoms with E-state index in [9.17, 15) is 4.79 Å². The van der Waals surface area contributed by atoms with E-state index in [0.717, 1.165) is 0 Å². The van der Waals surface area contributed by atoms with Crippen LogP contribution < -0.4 is 5.73 Å². The monoisotopic (exact) mass is 270 g/mol. The summed E-state index contributed by atoms with van der Waals surface area (Å²) in [6, 6.07) is 0.553. The van der Waals surface area contributed by atoms with Crippen LogP contribution in [0.2, 0.25) is 0 Å². The van der Waals surface area contributed by atoms with E-state index in [4.69, 9.17) is 10.8 Å². The van der Waals surface area contributed by atoms with Crippen molar-refractivity contribution in [3.8, 4) is 0 Å². The van der Waals surface area contributed by atoms with Crippen LogP contribution in [0.3, 0.4) is 0 Å². The molecule has 0 aliphatic carbocycles. The molecule has 7 heteroatoms. The molecule has 2 aromatic heterocycles. The highest BCUT2D eigenvalue weighted by molar-refractivity contribution is 9.10. The van der Waals surface area contributed by atoms with Gasteiger partial charge >= 0.3 is 5.97 Å². The van der Waals surface area contributed by atoms with E-state index in [1.54, 1.807) is 22.9 Å². The molecule has 0 aliphatic heterocycles. The summed E-state index contributed by atoms with van der Waals surface area (Å²) in [6.07, 6.45) is 3.24. The van der Waals surface area contributed by atoms with Crippen molar-refractivity contribution < 1.29 is 9.90 Å². The van der Waals surface area contributed by atoms with Crippen molar-refractivity contribution in [3.63, 3.8) is 0 Å². The summed E-state index contributed by atoms with van der Waals surface area (Å²) in [5.41, 5.74) is 5.91. The maximum Gasteiger partial charge on any atom is 0.326 e. The predicted octanol–water partition coefficient (Wildman–Crippen LogP) is 0.576. The van der Waals surface area contributed by atoms with Crippen molar-refractivity contribution in [1.82, 2.24) is 14.4 Å². The highest BCUT2D eigenvalue weighted by Crippen LogP contribution is 2.22. The van der Waals surface area contributed by atoms with Crippen LogP contribution in [0.25, 0.3) is 5.78 Å². The number of nitrogens with two attached hydrogens (primary N) is 1. The van der Waals surface area contributed by atoms with Crippen molar-refractivity contribution in [3.05, 3.63) is 28.8 Å². The fourth-order valence-electron chi connectivity index (χ4n) is 1.27. The highest BCUT2D eigenvalue weighted by atomic mass is 79.9. The first-order valence-corrected chi connectivity index (χ1v) is 4.87. The number of aliphatic carboxylic acids is 1. The summed E-state index contributed by atoms with van der Waals surface area (Å²) in [6.45, 7) is 0. The third kappa shape index (κ3) is 1.59. The molecule has 1 unspecified atom stereocenters. The number of aromatic nitrogens is 3. The smallest absolute Gasteiger partial charge is 0.326 e. The second kappa shape index (κ2) is 3.59. The molecule has 15 heavy (non-hydrogen) atoms. The molecule has 2 heterocycles. The lowest BCUT2D eigenvalue weighted by atomic mass is 10.2. The largest absolute Gasteiger partial charge is 0.480 e. The maximum atomic E-state index is 10.8. The molecule has 0 saturated heterocycles. The van der Waals surface area contributed by atoms with Crippen LogP contribution in [-0.4, -0.2) is 25.4 Å². The number of fused-ring (bicyclic) bond motifs is 1. The van der Waals surface area contributed by atoms with Gasteiger partial charge in [-0.3, -0.25) is 9.20 Å². The fourth-order valence-corrected chi connectivity index (χ4v) is 1.87. The van der Waals surface area contributed by atoms with E-state index >= 15 is 0 Å².